The van der Waals surface area contributed by atoms with Gasteiger partial charge in [-0.05, 0) is 42.9 Å². The molecule has 1 aliphatic heterocycles. The summed E-state index contributed by atoms with van der Waals surface area (Å²) in [6, 6.07) is 11.7. The van der Waals surface area contributed by atoms with Gasteiger partial charge in [0.15, 0.2) is 5.82 Å². The van der Waals surface area contributed by atoms with Crippen LogP contribution in [0.15, 0.2) is 66.0 Å². The van der Waals surface area contributed by atoms with Gasteiger partial charge < -0.3 is 10.2 Å². The van der Waals surface area contributed by atoms with E-state index in [2.05, 4.69) is 20.3 Å². The molecule has 0 bridgehead atoms. The minimum Gasteiger partial charge on any atom is -0.348 e. The van der Waals surface area contributed by atoms with E-state index in [4.69, 9.17) is 0 Å². The van der Waals surface area contributed by atoms with Crippen molar-refractivity contribution in [2.45, 2.75) is 11.4 Å². The second-order valence-electron chi connectivity index (χ2n) is 7.39. The van der Waals surface area contributed by atoms with Crippen LogP contribution in [0, 0.1) is 0 Å². The number of rotatable bonds is 6. The van der Waals surface area contributed by atoms with Gasteiger partial charge in [0.05, 0.1) is 4.90 Å². The van der Waals surface area contributed by atoms with Gasteiger partial charge in [0.1, 0.15) is 0 Å². The number of carbonyl (C=O) groups is 1. The Kier molecular flexibility index (Phi) is 6.12. The van der Waals surface area contributed by atoms with E-state index in [-0.39, 0.29) is 17.3 Å². The molecule has 3 aromatic rings. The Labute approximate surface area is 181 Å². The molecule has 0 atom stereocenters. The Bertz CT molecular complexity index is 1140. The molecular weight excluding hydrogens is 416 g/mol. The average Bonchev–Trinajstić information content (AvgIpc) is 3.33. The lowest BCUT2D eigenvalue weighted by atomic mass is 10.2. The van der Waals surface area contributed by atoms with Crippen molar-refractivity contribution < 1.29 is 13.2 Å². The number of nitrogens with one attached hydrogen (secondary N) is 1. The number of piperazine rings is 1. The van der Waals surface area contributed by atoms with Crippen LogP contribution < -0.4 is 5.32 Å². The number of sulfonamides is 1. The zero-order valence-corrected chi connectivity index (χ0v) is 18.0. The van der Waals surface area contributed by atoms with Crippen LogP contribution in [0.3, 0.4) is 0 Å². The molecule has 0 radical (unpaired) electrons. The van der Waals surface area contributed by atoms with Crippen LogP contribution in [0.25, 0.3) is 5.82 Å². The summed E-state index contributed by atoms with van der Waals surface area (Å²) in [5.74, 6) is 0.341. The van der Waals surface area contributed by atoms with Crippen LogP contribution in [-0.2, 0) is 16.6 Å². The lowest BCUT2D eigenvalue weighted by molar-refractivity contribution is 0.0950. The van der Waals surface area contributed by atoms with E-state index in [9.17, 15) is 13.2 Å². The van der Waals surface area contributed by atoms with Gasteiger partial charge in [0, 0.05) is 56.9 Å². The fraction of sp³-hybridized carbons (Fsp3) is 0.286. The first kappa shape index (κ1) is 21.2. The summed E-state index contributed by atoms with van der Waals surface area (Å²) in [6.07, 6.45) is 5.15. The molecule has 1 amide bonds. The number of benzene rings is 1. The Balaban J connectivity index is 1.41. The highest BCUT2D eigenvalue weighted by atomic mass is 32.2. The van der Waals surface area contributed by atoms with E-state index in [1.807, 2.05) is 25.2 Å². The summed E-state index contributed by atoms with van der Waals surface area (Å²) in [6.45, 7) is 2.54. The molecule has 2 aromatic heterocycles. The quantitative estimate of drug-likeness (QED) is 0.617. The molecule has 4 rings (SSSR count). The number of amides is 1. The number of hydrogen-bond acceptors (Lipinski definition) is 6. The monoisotopic (exact) mass is 440 g/mol. The lowest BCUT2D eigenvalue weighted by Gasteiger charge is -2.31. The number of carbonyl (C=O) groups excluding carboxylic acids is 1. The molecule has 31 heavy (non-hydrogen) atoms. The minimum atomic E-state index is -3.63. The van der Waals surface area contributed by atoms with Crippen LogP contribution in [-0.4, -0.2) is 71.5 Å². The Morgan fingerprint density at radius 2 is 1.90 bits per heavy atom. The van der Waals surface area contributed by atoms with Crippen LogP contribution in [0.2, 0.25) is 0 Å². The topological polar surface area (TPSA) is 100 Å². The first-order valence-electron chi connectivity index (χ1n) is 9.95. The number of nitrogens with zero attached hydrogens (tertiary/aromatic N) is 5. The smallest absolute Gasteiger partial charge is 0.251 e. The molecule has 0 spiro atoms. The molecule has 0 saturated carbocycles. The summed E-state index contributed by atoms with van der Waals surface area (Å²) in [5, 5.41) is 6.94. The number of hydrogen-bond donors (Lipinski definition) is 1. The van der Waals surface area contributed by atoms with Crippen molar-refractivity contribution in [2.24, 2.45) is 0 Å². The second kappa shape index (κ2) is 8.96. The molecule has 1 aliphatic rings. The molecule has 162 valence electrons. The largest absolute Gasteiger partial charge is 0.348 e. The normalized spacial score (nSPS) is 15.6. The highest BCUT2D eigenvalue weighted by molar-refractivity contribution is 7.89. The summed E-state index contributed by atoms with van der Waals surface area (Å²) in [5.41, 5.74) is 1.13. The fourth-order valence-corrected chi connectivity index (χ4v) is 4.79. The molecular formula is C21H24N6O3S. The maximum absolute atomic E-state index is 12.9. The highest BCUT2D eigenvalue weighted by Gasteiger charge is 2.27. The van der Waals surface area contributed by atoms with Crippen LogP contribution >= 0.6 is 0 Å². The molecule has 1 fully saturated rings. The second-order valence-corrected chi connectivity index (χ2v) is 9.33. The van der Waals surface area contributed by atoms with E-state index < -0.39 is 10.0 Å². The predicted octanol–water partition coefficient (Wildman–Crippen LogP) is 1.13. The van der Waals surface area contributed by atoms with E-state index >= 15 is 0 Å². The van der Waals surface area contributed by atoms with E-state index in [0.717, 1.165) is 5.56 Å². The Morgan fingerprint density at radius 3 is 2.58 bits per heavy atom. The van der Waals surface area contributed by atoms with Gasteiger partial charge >= 0.3 is 0 Å². The fourth-order valence-electron chi connectivity index (χ4n) is 3.32. The van der Waals surface area contributed by atoms with Crippen LogP contribution in [0.5, 0.6) is 0 Å². The van der Waals surface area contributed by atoms with Crippen molar-refractivity contribution in [1.82, 2.24) is 29.3 Å². The third-order valence-electron chi connectivity index (χ3n) is 5.20. The van der Waals surface area contributed by atoms with Crippen molar-refractivity contribution in [3.05, 3.63) is 72.2 Å². The number of likely N-dealkylation sites (N-methyl/N-ethyl adjacent to an activating group) is 1. The average molecular weight is 441 g/mol. The third-order valence-corrected chi connectivity index (χ3v) is 7.09. The molecule has 10 heteroatoms. The van der Waals surface area contributed by atoms with E-state index in [1.165, 1.54) is 16.4 Å². The van der Waals surface area contributed by atoms with E-state index in [1.54, 1.807) is 35.4 Å². The highest BCUT2D eigenvalue weighted by Crippen LogP contribution is 2.19. The molecule has 0 aliphatic carbocycles. The zero-order valence-electron chi connectivity index (χ0n) is 17.2. The molecule has 1 N–H and O–H groups in total. The van der Waals surface area contributed by atoms with Gasteiger partial charge in [-0.1, -0.05) is 12.1 Å². The van der Waals surface area contributed by atoms with Crippen molar-refractivity contribution in [2.75, 3.05) is 33.2 Å². The molecule has 9 nitrogen and oxygen atoms in total. The van der Waals surface area contributed by atoms with Crippen molar-refractivity contribution >= 4 is 15.9 Å². The minimum absolute atomic E-state index is 0.134. The van der Waals surface area contributed by atoms with Gasteiger partial charge in [-0.2, -0.15) is 9.40 Å². The van der Waals surface area contributed by atoms with Gasteiger partial charge in [-0.25, -0.2) is 18.1 Å². The first-order chi connectivity index (χ1) is 14.9. The van der Waals surface area contributed by atoms with Gasteiger partial charge in [-0.15, -0.1) is 0 Å². The van der Waals surface area contributed by atoms with E-state index in [0.29, 0.717) is 37.6 Å². The molecule has 1 aromatic carbocycles. The predicted molar refractivity (Wildman–Crippen MR) is 115 cm³/mol. The summed E-state index contributed by atoms with van der Waals surface area (Å²) in [4.78, 5) is 19.2. The van der Waals surface area contributed by atoms with Gasteiger partial charge in [-0.3, -0.25) is 4.79 Å². The summed E-state index contributed by atoms with van der Waals surface area (Å²) in [7, 11) is -1.66. The van der Waals surface area contributed by atoms with Crippen LogP contribution in [0.4, 0.5) is 0 Å². The molecule has 1 saturated heterocycles. The number of pyridine rings is 1. The van der Waals surface area contributed by atoms with Crippen LogP contribution in [0.1, 0.15) is 15.9 Å². The SMILES string of the molecule is CN1CCN(S(=O)(=O)c2cccc(C(=O)NCc3ccc(-n4cccn4)nc3)c2)CC1. The van der Waals surface area contributed by atoms with Gasteiger partial charge in [0.2, 0.25) is 10.0 Å². The maximum atomic E-state index is 12.9. The first-order valence-corrected chi connectivity index (χ1v) is 11.4. The Morgan fingerprint density at radius 1 is 1.10 bits per heavy atom. The third kappa shape index (κ3) is 4.82. The summed E-state index contributed by atoms with van der Waals surface area (Å²) >= 11 is 0. The Hall–Kier alpha value is -3.08. The van der Waals surface area contributed by atoms with Gasteiger partial charge in [0.25, 0.3) is 5.91 Å². The molecule has 0 unspecified atom stereocenters. The van der Waals surface area contributed by atoms with Crippen molar-refractivity contribution in [3.8, 4) is 5.82 Å². The maximum Gasteiger partial charge on any atom is 0.251 e. The molecule has 3 heterocycles. The van der Waals surface area contributed by atoms with Crippen molar-refractivity contribution in [3.63, 3.8) is 0 Å². The summed E-state index contributed by atoms with van der Waals surface area (Å²) < 4.78 is 29.0. The number of aromatic nitrogens is 3. The van der Waals surface area contributed by atoms with Crippen molar-refractivity contribution in [1.29, 1.82) is 0 Å². The standard InChI is InChI=1S/C21H24N6O3S/c1-25-10-12-26(13-11-25)31(29,30)19-5-2-4-18(14-19)21(28)23-16-17-6-7-20(22-15-17)27-9-3-8-24-27/h2-9,14-15H,10-13,16H2,1H3,(H,23,28). The zero-order chi connectivity index (χ0) is 21.8. The lowest BCUT2D eigenvalue weighted by Crippen LogP contribution is -2.47.